The number of hydrogen-bond donors (Lipinski definition) is 1. The lowest BCUT2D eigenvalue weighted by Gasteiger charge is -2.24. The van der Waals surface area contributed by atoms with Crippen molar-refractivity contribution in [1.82, 2.24) is 4.31 Å². The molecular formula is C12H18ClNO3S2. The Labute approximate surface area is 123 Å². The molecule has 2 atom stereocenters. The van der Waals surface area contributed by atoms with Gasteiger partial charge < -0.3 is 5.11 Å². The van der Waals surface area contributed by atoms with Gasteiger partial charge in [0.25, 0.3) is 10.0 Å². The smallest absolute Gasteiger partial charge is 0.252 e. The van der Waals surface area contributed by atoms with Crippen LogP contribution in [0.1, 0.15) is 31.7 Å². The molecule has 2 heterocycles. The standard InChI is InChI=1S/C12H18ClNO3S2/c1-8-6-11(18-12(8)13)19(16,17)14-5-3-4-10(14)7-9(2)15/h6,9-10,15H,3-5,7H2,1-2H3. The molecule has 2 unspecified atom stereocenters. The van der Waals surface area contributed by atoms with Gasteiger partial charge in [-0.2, -0.15) is 4.31 Å². The van der Waals surface area contributed by atoms with Crippen LogP contribution in [0.25, 0.3) is 0 Å². The van der Waals surface area contributed by atoms with Crippen molar-refractivity contribution in [2.24, 2.45) is 0 Å². The molecule has 1 aromatic heterocycles. The second-order valence-corrected chi connectivity index (χ2v) is 8.79. The van der Waals surface area contributed by atoms with Gasteiger partial charge in [0, 0.05) is 12.6 Å². The molecule has 1 saturated heterocycles. The Hall–Kier alpha value is -0.140. The summed E-state index contributed by atoms with van der Waals surface area (Å²) in [6, 6.07) is 1.52. The highest BCUT2D eigenvalue weighted by molar-refractivity contribution is 7.91. The van der Waals surface area contributed by atoms with Gasteiger partial charge >= 0.3 is 0 Å². The van der Waals surface area contributed by atoms with E-state index in [2.05, 4.69) is 0 Å². The van der Waals surface area contributed by atoms with Gasteiger partial charge in [-0.3, -0.25) is 0 Å². The molecule has 4 nitrogen and oxygen atoms in total. The molecule has 1 aromatic rings. The Morgan fingerprint density at radius 1 is 1.63 bits per heavy atom. The van der Waals surface area contributed by atoms with Crippen molar-refractivity contribution in [1.29, 1.82) is 0 Å². The molecule has 0 spiro atoms. The second-order valence-electron chi connectivity index (χ2n) is 5.02. The van der Waals surface area contributed by atoms with Crippen LogP contribution in [-0.2, 0) is 10.0 Å². The molecule has 0 aromatic carbocycles. The van der Waals surface area contributed by atoms with E-state index in [4.69, 9.17) is 11.6 Å². The molecule has 108 valence electrons. The zero-order valence-electron chi connectivity index (χ0n) is 11.0. The fourth-order valence-electron chi connectivity index (χ4n) is 2.43. The predicted octanol–water partition coefficient (Wildman–Crippen LogP) is 2.63. The van der Waals surface area contributed by atoms with E-state index in [1.54, 1.807) is 19.9 Å². The Morgan fingerprint density at radius 3 is 2.84 bits per heavy atom. The number of aryl methyl sites for hydroxylation is 1. The minimum atomic E-state index is -3.48. The van der Waals surface area contributed by atoms with Crippen molar-refractivity contribution in [2.75, 3.05) is 6.54 Å². The fraction of sp³-hybridized carbons (Fsp3) is 0.667. The number of nitrogens with zero attached hydrogens (tertiary/aromatic N) is 1. The lowest BCUT2D eigenvalue weighted by Crippen LogP contribution is -2.36. The van der Waals surface area contributed by atoms with Crippen molar-refractivity contribution < 1.29 is 13.5 Å². The molecule has 0 amide bonds. The second kappa shape index (κ2) is 5.69. The van der Waals surface area contributed by atoms with E-state index < -0.39 is 16.1 Å². The van der Waals surface area contributed by atoms with E-state index in [1.807, 2.05) is 0 Å². The maximum absolute atomic E-state index is 12.6. The summed E-state index contributed by atoms with van der Waals surface area (Å²) in [5, 5.41) is 9.48. The highest BCUT2D eigenvalue weighted by Gasteiger charge is 2.36. The first-order valence-electron chi connectivity index (χ1n) is 6.28. The molecule has 7 heteroatoms. The van der Waals surface area contributed by atoms with Gasteiger partial charge in [0.1, 0.15) is 4.21 Å². The van der Waals surface area contributed by atoms with Crippen LogP contribution < -0.4 is 0 Å². The van der Waals surface area contributed by atoms with Crippen LogP contribution in [0.5, 0.6) is 0 Å². The Morgan fingerprint density at radius 2 is 2.32 bits per heavy atom. The molecular weight excluding hydrogens is 306 g/mol. The summed E-state index contributed by atoms with van der Waals surface area (Å²) in [6.45, 7) is 4.01. The molecule has 1 N–H and O–H groups in total. The topological polar surface area (TPSA) is 57.6 Å². The van der Waals surface area contributed by atoms with E-state index >= 15 is 0 Å². The lowest BCUT2D eigenvalue weighted by molar-refractivity contribution is 0.158. The number of sulfonamides is 1. The number of aliphatic hydroxyl groups excluding tert-OH is 1. The third-order valence-corrected chi connectivity index (χ3v) is 7.29. The van der Waals surface area contributed by atoms with E-state index in [9.17, 15) is 13.5 Å². The summed E-state index contributed by atoms with van der Waals surface area (Å²) in [4.78, 5) is 0. The third-order valence-electron chi connectivity index (χ3n) is 3.33. The van der Waals surface area contributed by atoms with Crippen LogP contribution in [0, 0.1) is 6.92 Å². The van der Waals surface area contributed by atoms with Crippen molar-refractivity contribution >= 4 is 33.0 Å². The van der Waals surface area contributed by atoms with Gasteiger partial charge in [-0.1, -0.05) is 11.6 Å². The quantitative estimate of drug-likeness (QED) is 0.926. The van der Waals surface area contributed by atoms with Crippen LogP contribution in [0.3, 0.4) is 0 Å². The van der Waals surface area contributed by atoms with Gasteiger partial charge in [-0.05, 0) is 44.7 Å². The molecule has 0 radical (unpaired) electrons. The maximum Gasteiger partial charge on any atom is 0.252 e. The average molecular weight is 324 g/mol. The molecule has 0 saturated carbocycles. The zero-order valence-corrected chi connectivity index (χ0v) is 13.4. The van der Waals surface area contributed by atoms with Crippen molar-refractivity contribution in [3.8, 4) is 0 Å². The van der Waals surface area contributed by atoms with Crippen molar-refractivity contribution in [3.05, 3.63) is 16.0 Å². The fourth-order valence-corrected chi connectivity index (χ4v) is 5.97. The summed E-state index contributed by atoms with van der Waals surface area (Å²) in [6.07, 6.45) is 1.64. The third kappa shape index (κ3) is 3.13. The highest BCUT2D eigenvalue weighted by Crippen LogP contribution is 2.35. The van der Waals surface area contributed by atoms with Crippen LogP contribution in [0.2, 0.25) is 4.34 Å². The minimum absolute atomic E-state index is 0.105. The van der Waals surface area contributed by atoms with Gasteiger partial charge in [0.15, 0.2) is 0 Å². The van der Waals surface area contributed by atoms with Crippen molar-refractivity contribution in [3.63, 3.8) is 0 Å². The van der Waals surface area contributed by atoms with E-state index in [0.717, 1.165) is 29.7 Å². The summed E-state index contributed by atoms with van der Waals surface area (Å²) >= 11 is 7.06. The Bertz CT molecular complexity index is 534. The molecule has 1 aliphatic heterocycles. The van der Waals surface area contributed by atoms with Gasteiger partial charge in [0.05, 0.1) is 10.4 Å². The molecule has 0 aliphatic carbocycles. The molecule has 1 aliphatic rings. The Kier molecular flexibility index (Phi) is 4.57. The normalized spacial score (nSPS) is 22.8. The number of rotatable bonds is 4. The van der Waals surface area contributed by atoms with Gasteiger partial charge in [0.2, 0.25) is 0 Å². The molecule has 1 fully saturated rings. The summed E-state index contributed by atoms with van der Waals surface area (Å²) < 4.78 is 27.5. The van der Waals surface area contributed by atoms with E-state index in [-0.39, 0.29) is 6.04 Å². The zero-order chi connectivity index (χ0) is 14.2. The first-order valence-corrected chi connectivity index (χ1v) is 8.91. The van der Waals surface area contributed by atoms with E-state index in [0.29, 0.717) is 21.5 Å². The minimum Gasteiger partial charge on any atom is -0.393 e. The van der Waals surface area contributed by atoms with Crippen LogP contribution in [0.4, 0.5) is 0 Å². The molecule has 2 rings (SSSR count). The maximum atomic E-state index is 12.6. The van der Waals surface area contributed by atoms with Crippen LogP contribution in [0.15, 0.2) is 10.3 Å². The Balaban J connectivity index is 2.28. The largest absolute Gasteiger partial charge is 0.393 e. The van der Waals surface area contributed by atoms with E-state index in [1.165, 1.54) is 4.31 Å². The highest BCUT2D eigenvalue weighted by atomic mass is 35.5. The summed E-state index contributed by atoms with van der Waals surface area (Å²) in [7, 11) is -3.48. The number of hydrogen-bond acceptors (Lipinski definition) is 4. The first kappa shape index (κ1) is 15.3. The SMILES string of the molecule is Cc1cc(S(=O)(=O)N2CCCC2CC(C)O)sc1Cl. The summed E-state index contributed by atoms with van der Waals surface area (Å²) in [5.74, 6) is 0. The average Bonchev–Trinajstić information content (AvgIpc) is 2.87. The number of aliphatic hydroxyl groups is 1. The molecule has 19 heavy (non-hydrogen) atoms. The van der Waals surface area contributed by atoms with Gasteiger partial charge in [-0.15, -0.1) is 11.3 Å². The first-order chi connectivity index (χ1) is 8.82. The monoisotopic (exact) mass is 323 g/mol. The predicted molar refractivity (Wildman–Crippen MR) is 77.3 cm³/mol. The molecule has 0 bridgehead atoms. The van der Waals surface area contributed by atoms with Crippen molar-refractivity contribution in [2.45, 2.75) is 49.5 Å². The van der Waals surface area contributed by atoms with Crippen LogP contribution >= 0.6 is 22.9 Å². The number of halogens is 1. The number of thiophene rings is 1. The van der Waals surface area contributed by atoms with Gasteiger partial charge in [-0.25, -0.2) is 8.42 Å². The summed E-state index contributed by atoms with van der Waals surface area (Å²) in [5.41, 5.74) is 0.788. The van der Waals surface area contributed by atoms with Crippen LogP contribution in [-0.4, -0.2) is 36.5 Å². The lowest BCUT2D eigenvalue weighted by atomic mass is 10.1.